The van der Waals surface area contributed by atoms with E-state index in [-0.39, 0.29) is 24.3 Å². The molecule has 1 fully saturated rings. The van der Waals surface area contributed by atoms with Crippen molar-refractivity contribution in [3.8, 4) is 0 Å². The molecule has 1 aliphatic heterocycles. The van der Waals surface area contributed by atoms with Crippen LogP contribution < -0.4 is 15.5 Å². The first-order valence-corrected chi connectivity index (χ1v) is 11.2. The number of hydrogen-bond donors (Lipinski definition) is 3. The normalized spacial score (nSPS) is 17.2. The first-order valence-electron chi connectivity index (χ1n) is 11.2. The molecule has 1 aliphatic rings. The van der Waals surface area contributed by atoms with Crippen molar-refractivity contribution >= 4 is 34.6 Å². The summed E-state index contributed by atoms with van der Waals surface area (Å²) in [7, 11) is 0. The number of benzene rings is 2. The summed E-state index contributed by atoms with van der Waals surface area (Å²) in [5, 5.41) is 5.61. The predicted molar refractivity (Wildman–Crippen MR) is 127 cm³/mol. The molecule has 4 rings (SSSR count). The van der Waals surface area contributed by atoms with Crippen molar-refractivity contribution in [2.24, 2.45) is 5.92 Å². The van der Waals surface area contributed by atoms with Gasteiger partial charge >= 0.3 is 6.03 Å². The number of aromatic amines is 1. The lowest BCUT2D eigenvalue weighted by molar-refractivity contribution is -0.126. The van der Waals surface area contributed by atoms with Gasteiger partial charge in [-0.05, 0) is 41.7 Å². The quantitative estimate of drug-likeness (QED) is 0.476. The number of fused-ring (bicyclic) bond motifs is 1. The molecule has 0 radical (unpaired) electrons. The average molecular weight is 448 g/mol. The van der Waals surface area contributed by atoms with Crippen molar-refractivity contribution in [1.29, 1.82) is 0 Å². The zero-order valence-corrected chi connectivity index (χ0v) is 19.3. The van der Waals surface area contributed by atoms with Gasteiger partial charge in [0.2, 0.25) is 5.91 Å². The SMILES string of the molecule is CC(C)c1ccc(N2C(=O)N[C@@H](CC(=O)N[C@H](c3nc4ccccc4[nH]3)C(C)C)C2=O)cc1. The fraction of sp³-hybridized carbons (Fsp3) is 0.360. The van der Waals surface area contributed by atoms with E-state index >= 15 is 0 Å². The van der Waals surface area contributed by atoms with Gasteiger partial charge in [-0.15, -0.1) is 0 Å². The lowest BCUT2D eigenvalue weighted by Crippen LogP contribution is -2.39. The lowest BCUT2D eigenvalue weighted by Gasteiger charge is -2.21. The molecule has 0 saturated carbocycles. The van der Waals surface area contributed by atoms with Gasteiger partial charge in [0.25, 0.3) is 5.91 Å². The van der Waals surface area contributed by atoms with E-state index in [1.54, 1.807) is 12.1 Å². The molecular formula is C25H29N5O3. The Bertz CT molecular complexity index is 1150. The van der Waals surface area contributed by atoms with Crippen LogP contribution in [0.5, 0.6) is 0 Å². The predicted octanol–water partition coefficient (Wildman–Crippen LogP) is 4.01. The van der Waals surface area contributed by atoms with Gasteiger partial charge in [0, 0.05) is 0 Å². The fourth-order valence-electron chi connectivity index (χ4n) is 4.01. The van der Waals surface area contributed by atoms with E-state index < -0.39 is 18.0 Å². The van der Waals surface area contributed by atoms with Gasteiger partial charge in [-0.3, -0.25) is 9.59 Å². The van der Waals surface area contributed by atoms with E-state index in [1.165, 1.54) is 0 Å². The number of nitrogens with zero attached hydrogens (tertiary/aromatic N) is 2. The molecule has 2 atom stereocenters. The highest BCUT2D eigenvalue weighted by Crippen LogP contribution is 2.25. The van der Waals surface area contributed by atoms with E-state index in [9.17, 15) is 14.4 Å². The number of H-pyrrole nitrogens is 1. The van der Waals surface area contributed by atoms with Crippen LogP contribution >= 0.6 is 0 Å². The van der Waals surface area contributed by atoms with Crippen LogP contribution in [-0.2, 0) is 9.59 Å². The highest BCUT2D eigenvalue weighted by atomic mass is 16.2. The lowest BCUT2D eigenvalue weighted by atomic mass is 10.0. The molecule has 0 spiro atoms. The van der Waals surface area contributed by atoms with E-state index in [4.69, 9.17) is 0 Å². The summed E-state index contributed by atoms with van der Waals surface area (Å²) >= 11 is 0. The Morgan fingerprint density at radius 3 is 2.39 bits per heavy atom. The maximum atomic E-state index is 12.9. The summed E-state index contributed by atoms with van der Waals surface area (Å²) in [6.07, 6.45) is -0.144. The van der Waals surface area contributed by atoms with E-state index in [2.05, 4.69) is 34.4 Å². The van der Waals surface area contributed by atoms with Crippen molar-refractivity contribution in [2.75, 3.05) is 4.90 Å². The number of imide groups is 1. The first kappa shape index (κ1) is 22.5. The van der Waals surface area contributed by atoms with Crippen molar-refractivity contribution < 1.29 is 14.4 Å². The smallest absolute Gasteiger partial charge is 0.329 e. The van der Waals surface area contributed by atoms with Crippen molar-refractivity contribution in [2.45, 2.75) is 52.1 Å². The van der Waals surface area contributed by atoms with E-state index in [0.29, 0.717) is 17.4 Å². The Hall–Kier alpha value is -3.68. The Morgan fingerprint density at radius 2 is 1.76 bits per heavy atom. The number of carbonyl (C=O) groups is 3. The molecule has 0 aliphatic carbocycles. The third-order valence-corrected chi connectivity index (χ3v) is 5.91. The Balaban J connectivity index is 1.45. The zero-order valence-electron chi connectivity index (χ0n) is 19.3. The molecule has 172 valence electrons. The summed E-state index contributed by atoms with van der Waals surface area (Å²) in [6, 6.07) is 13.2. The van der Waals surface area contributed by atoms with Crippen LogP contribution in [0.1, 0.15) is 57.5 Å². The Labute approximate surface area is 192 Å². The molecule has 33 heavy (non-hydrogen) atoms. The Morgan fingerprint density at radius 1 is 1.06 bits per heavy atom. The maximum absolute atomic E-state index is 12.9. The molecule has 1 saturated heterocycles. The number of imidazole rings is 1. The molecule has 1 aromatic heterocycles. The minimum atomic E-state index is -0.911. The van der Waals surface area contributed by atoms with Crippen LogP contribution in [0.15, 0.2) is 48.5 Å². The Kier molecular flexibility index (Phi) is 6.18. The largest absolute Gasteiger partial charge is 0.346 e. The van der Waals surface area contributed by atoms with Crippen molar-refractivity contribution in [3.05, 3.63) is 59.9 Å². The maximum Gasteiger partial charge on any atom is 0.329 e. The summed E-state index contributed by atoms with van der Waals surface area (Å²) in [5.74, 6) is 0.314. The van der Waals surface area contributed by atoms with Gasteiger partial charge in [0.15, 0.2) is 0 Å². The van der Waals surface area contributed by atoms with Crippen molar-refractivity contribution in [3.63, 3.8) is 0 Å². The van der Waals surface area contributed by atoms with Gasteiger partial charge in [-0.25, -0.2) is 14.7 Å². The van der Waals surface area contributed by atoms with Gasteiger partial charge in [0.1, 0.15) is 11.9 Å². The number of nitrogens with one attached hydrogen (secondary N) is 3. The minimum absolute atomic E-state index is 0.0688. The monoisotopic (exact) mass is 447 g/mol. The van der Waals surface area contributed by atoms with Crippen LogP contribution in [0.4, 0.5) is 10.5 Å². The van der Waals surface area contributed by atoms with Crippen LogP contribution in [0.25, 0.3) is 11.0 Å². The highest BCUT2D eigenvalue weighted by molar-refractivity contribution is 6.22. The second-order valence-electron chi connectivity index (χ2n) is 9.05. The standard InChI is InChI=1S/C25H29N5O3/c1-14(2)16-9-11-17(12-10-16)30-24(32)20(28-25(30)33)13-21(31)29-22(15(3)4)23-26-18-7-5-6-8-19(18)27-23/h5-12,14-15,20,22H,13H2,1-4H3,(H,26,27)(H,28,33)(H,29,31)/t20-,22-/m0/s1. The summed E-state index contributed by atoms with van der Waals surface area (Å²) in [6.45, 7) is 8.13. The number of para-hydroxylation sites is 2. The second kappa shape index (κ2) is 9.05. The van der Waals surface area contributed by atoms with Crippen molar-refractivity contribution in [1.82, 2.24) is 20.6 Å². The van der Waals surface area contributed by atoms with Gasteiger partial charge in [-0.1, -0.05) is 52.0 Å². The molecule has 2 heterocycles. The van der Waals surface area contributed by atoms with Crippen LogP contribution in [0.2, 0.25) is 0 Å². The average Bonchev–Trinajstić information content (AvgIpc) is 3.32. The third kappa shape index (κ3) is 4.60. The van der Waals surface area contributed by atoms with Crippen LogP contribution in [0.3, 0.4) is 0 Å². The fourth-order valence-corrected chi connectivity index (χ4v) is 4.01. The molecule has 0 bridgehead atoms. The molecule has 8 nitrogen and oxygen atoms in total. The number of urea groups is 1. The number of amides is 4. The van der Waals surface area contributed by atoms with Gasteiger partial charge < -0.3 is 15.6 Å². The molecule has 4 amide bonds. The third-order valence-electron chi connectivity index (χ3n) is 5.91. The van der Waals surface area contributed by atoms with Crippen LogP contribution in [-0.4, -0.2) is 33.9 Å². The van der Waals surface area contributed by atoms with Gasteiger partial charge in [-0.2, -0.15) is 0 Å². The van der Waals surface area contributed by atoms with Gasteiger partial charge in [0.05, 0.1) is 29.2 Å². The molecule has 2 aromatic carbocycles. The molecular weight excluding hydrogens is 418 g/mol. The topological polar surface area (TPSA) is 107 Å². The highest BCUT2D eigenvalue weighted by Gasteiger charge is 2.40. The molecule has 8 heteroatoms. The van der Waals surface area contributed by atoms with Crippen LogP contribution in [0, 0.1) is 5.92 Å². The summed E-state index contributed by atoms with van der Waals surface area (Å²) < 4.78 is 0. The van der Waals surface area contributed by atoms with E-state index in [1.807, 2.05) is 50.2 Å². The minimum Gasteiger partial charge on any atom is -0.346 e. The summed E-state index contributed by atoms with van der Waals surface area (Å²) in [5.41, 5.74) is 3.33. The zero-order chi connectivity index (χ0) is 23.7. The number of aromatic nitrogens is 2. The molecule has 0 unspecified atom stereocenters. The first-order chi connectivity index (χ1) is 15.7. The second-order valence-corrected chi connectivity index (χ2v) is 9.05. The number of carbonyl (C=O) groups excluding carboxylic acids is 3. The number of anilines is 1. The molecule has 3 aromatic rings. The summed E-state index contributed by atoms with van der Waals surface area (Å²) in [4.78, 5) is 47.2. The van der Waals surface area contributed by atoms with E-state index in [0.717, 1.165) is 21.5 Å². The number of rotatable bonds is 7. The number of hydrogen-bond acceptors (Lipinski definition) is 4. The molecule has 3 N–H and O–H groups in total.